The maximum Gasteiger partial charge on any atom is 0.272 e. The van der Waals surface area contributed by atoms with Crippen LogP contribution in [-0.4, -0.2) is 46.0 Å². The van der Waals surface area contributed by atoms with E-state index < -0.39 is 0 Å². The minimum Gasteiger partial charge on any atom is -0.352 e. The van der Waals surface area contributed by atoms with E-state index in [1.807, 2.05) is 0 Å². The Hall–Kier alpha value is -2.21. The van der Waals surface area contributed by atoms with E-state index in [-0.39, 0.29) is 11.5 Å². The SMILES string of the molecule is Cc1nc2cc(C(=O)NCCC(C)N3CCCC3)ccc2n(C)c1=O. The second-order valence-electron chi connectivity index (χ2n) is 6.90. The number of likely N-dealkylation sites (tertiary alicyclic amines) is 1. The van der Waals surface area contributed by atoms with Gasteiger partial charge in [-0.1, -0.05) is 0 Å². The summed E-state index contributed by atoms with van der Waals surface area (Å²) in [5, 5.41) is 3.00. The molecular weight excluding hydrogens is 316 g/mol. The molecule has 0 aliphatic carbocycles. The number of aryl methyl sites for hydroxylation is 2. The van der Waals surface area contributed by atoms with Crippen LogP contribution in [0.1, 0.15) is 42.2 Å². The lowest BCUT2D eigenvalue weighted by atomic mass is 10.1. The summed E-state index contributed by atoms with van der Waals surface area (Å²) in [6.07, 6.45) is 3.51. The van der Waals surface area contributed by atoms with Crippen molar-refractivity contribution in [2.45, 2.75) is 39.2 Å². The third kappa shape index (κ3) is 3.74. The highest BCUT2D eigenvalue weighted by atomic mass is 16.1. The monoisotopic (exact) mass is 342 g/mol. The number of amides is 1. The van der Waals surface area contributed by atoms with E-state index in [1.165, 1.54) is 25.9 Å². The smallest absolute Gasteiger partial charge is 0.272 e. The van der Waals surface area contributed by atoms with Gasteiger partial charge < -0.3 is 14.8 Å². The summed E-state index contributed by atoms with van der Waals surface area (Å²) in [5.41, 5.74) is 2.30. The van der Waals surface area contributed by atoms with Gasteiger partial charge in [-0.2, -0.15) is 0 Å². The lowest BCUT2D eigenvalue weighted by Crippen LogP contribution is -2.34. The zero-order valence-electron chi connectivity index (χ0n) is 15.2. The Kier molecular flexibility index (Phi) is 5.18. The molecule has 0 saturated carbocycles. The predicted octanol–water partition coefficient (Wildman–Crippen LogP) is 1.85. The number of nitrogens with zero attached hydrogens (tertiary/aromatic N) is 3. The van der Waals surface area contributed by atoms with E-state index >= 15 is 0 Å². The van der Waals surface area contributed by atoms with Gasteiger partial charge in [0.15, 0.2) is 0 Å². The van der Waals surface area contributed by atoms with Crippen molar-refractivity contribution in [3.05, 3.63) is 39.8 Å². The molecule has 134 valence electrons. The molecule has 2 heterocycles. The van der Waals surface area contributed by atoms with Crippen LogP contribution in [-0.2, 0) is 7.05 Å². The molecule has 2 aromatic rings. The molecule has 3 rings (SSSR count). The second-order valence-corrected chi connectivity index (χ2v) is 6.90. The Morgan fingerprint density at radius 1 is 1.32 bits per heavy atom. The summed E-state index contributed by atoms with van der Waals surface area (Å²) in [5.74, 6) is -0.0937. The van der Waals surface area contributed by atoms with Gasteiger partial charge in [-0.25, -0.2) is 4.98 Å². The summed E-state index contributed by atoms with van der Waals surface area (Å²) in [6, 6.07) is 5.78. The molecule has 1 aromatic heterocycles. The Labute approximate surface area is 147 Å². The van der Waals surface area contributed by atoms with Gasteiger partial charge in [0.25, 0.3) is 11.5 Å². The maximum atomic E-state index is 12.4. The molecule has 25 heavy (non-hydrogen) atoms. The molecule has 1 amide bonds. The fraction of sp³-hybridized carbons (Fsp3) is 0.526. The number of fused-ring (bicyclic) bond motifs is 1. The molecule has 1 aromatic carbocycles. The minimum absolute atomic E-state index is 0.0937. The quantitative estimate of drug-likeness (QED) is 0.900. The highest BCUT2D eigenvalue weighted by Crippen LogP contribution is 2.14. The predicted molar refractivity (Wildman–Crippen MR) is 98.9 cm³/mol. The van der Waals surface area contributed by atoms with Crippen LogP contribution >= 0.6 is 0 Å². The van der Waals surface area contributed by atoms with Crippen molar-refractivity contribution in [3.8, 4) is 0 Å². The molecule has 1 unspecified atom stereocenters. The molecule has 0 spiro atoms. The number of hydrogen-bond acceptors (Lipinski definition) is 4. The molecule has 1 fully saturated rings. The van der Waals surface area contributed by atoms with E-state index in [1.54, 1.807) is 36.7 Å². The standard InChI is InChI=1S/C19H26N4O2/c1-13(23-10-4-5-11-23)8-9-20-18(24)15-6-7-17-16(12-15)21-14(2)19(25)22(17)3/h6-7,12-13H,4-5,8-11H2,1-3H3,(H,20,24). The summed E-state index contributed by atoms with van der Waals surface area (Å²) in [4.78, 5) is 31.1. The van der Waals surface area contributed by atoms with Crippen LogP contribution in [0, 0.1) is 6.92 Å². The Morgan fingerprint density at radius 2 is 2.04 bits per heavy atom. The maximum absolute atomic E-state index is 12.4. The first-order valence-corrected chi connectivity index (χ1v) is 8.97. The Bertz CT molecular complexity index is 837. The van der Waals surface area contributed by atoms with Crippen molar-refractivity contribution in [3.63, 3.8) is 0 Å². The lowest BCUT2D eigenvalue weighted by molar-refractivity contribution is 0.0949. The number of carbonyl (C=O) groups is 1. The Balaban J connectivity index is 1.65. The first-order chi connectivity index (χ1) is 12.0. The van der Waals surface area contributed by atoms with E-state index in [2.05, 4.69) is 22.1 Å². The van der Waals surface area contributed by atoms with Crippen molar-refractivity contribution >= 4 is 16.9 Å². The zero-order valence-corrected chi connectivity index (χ0v) is 15.2. The van der Waals surface area contributed by atoms with Crippen molar-refractivity contribution in [1.29, 1.82) is 0 Å². The molecule has 6 heteroatoms. The number of benzene rings is 1. The average molecular weight is 342 g/mol. The van der Waals surface area contributed by atoms with E-state index in [0.29, 0.717) is 29.4 Å². The topological polar surface area (TPSA) is 67.2 Å². The van der Waals surface area contributed by atoms with Crippen molar-refractivity contribution in [1.82, 2.24) is 19.8 Å². The van der Waals surface area contributed by atoms with Gasteiger partial charge in [-0.15, -0.1) is 0 Å². The molecule has 1 aliphatic rings. The van der Waals surface area contributed by atoms with Crippen molar-refractivity contribution < 1.29 is 4.79 Å². The fourth-order valence-corrected chi connectivity index (χ4v) is 3.48. The van der Waals surface area contributed by atoms with Gasteiger partial charge in [-0.05, 0) is 64.4 Å². The first-order valence-electron chi connectivity index (χ1n) is 8.97. The molecule has 0 bridgehead atoms. The van der Waals surface area contributed by atoms with Gasteiger partial charge in [0.2, 0.25) is 0 Å². The molecule has 1 N–H and O–H groups in total. The molecule has 1 aliphatic heterocycles. The van der Waals surface area contributed by atoms with Crippen molar-refractivity contribution in [2.75, 3.05) is 19.6 Å². The molecule has 6 nitrogen and oxygen atoms in total. The molecule has 1 atom stereocenters. The molecule has 1 saturated heterocycles. The highest BCUT2D eigenvalue weighted by Gasteiger charge is 2.18. The zero-order chi connectivity index (χ0) is 18.0. The number of aromatic nitrogens is 2. The van der Waals surface area contributed by atoms with Crippen LogP contribution in [0.15, 0.2) is 23.0 Å². The highest BCUT2D eigenvalue weighted by molar-refractivity contribution is 5.97. The third-order valence-corrected chi connectivity index (χ3v) is 5.11. The van der Waals surface area contributed by atoms with Crippen LogP contribution in [0.2, 0.25) is 0 Å². The van der Waals surface area contributed by atoms with Gasteiger partial charge in [0.1, 0.15) is 5.69 Å². The van der Waals surface area contributed by atoms with Crippen LogP contribution < -0.4 is 10.9 Å². The van der Waals surface area contributed by atoms with E-state index in [9.17, 15) is 9.59 Å². The van der Waals surface area contributed by atoms with Gasteiger partial charge in [0, 0.05) is 25.2 Å². The third-order valence-electron chi connectivity index (χ3n) is 5.11. The summed E-state index contributed by atoms with van der Waals surface area (Å²) < 4.78 is 1.57. The minimum atomic E-state index is -0.111. The summed E-state index contributed by atoms with van der Waals surface area (Å²) in [7, 11) is 1.72. The Morgan fingerprint density at radius 3 is 2.76 bits per heavy atom. The summed E-state index contributed by atoms with van der Waals surface area (Å²) in [6.45, 7) is 6.91. The first kappa shape index (κ1) is 17.6. The van der Waals surface area contributed by atoms with Gasteiger partial charge in [-0.3, -0.25) is 9.59 Å². The van der Waals surface area contributed by atoms with Crippen LogP contribution in [0.25, 0.3) is 11.0 Å². The van der Waals surface area contributed by atoms with Gasteiger partial charge in [0.05, 0.1) is 11.0 Å². The number of hydrogen-bond donors (Lipinski definition) is 1. The fourth-order valence-electron chi connectivity index (χ4n) is 3.48. The molecule has 0 radical (unpaired) electrons. The number of rotatable bonds is 5. The van der Waals surface area contributed by atoms with Crippen LogP contribution in [0.3, 0.4) is 0 Å². The normalized spacial score (nSPS) is 16.3. The summed E-state index contributed by atoms with van der Waals surface area (Å²) >= 11 is 0. The van der Waals surface area contributed by atoms with E-state index in [4.69, 9.17) is 0 Å². The largest absolute Gasteiger partial charge is 0.352 e. The molecular formula is C19H26N4O2. The van der Waals surface area contributed by atoms with Crippen LogP contribution in [0.5, 0.6) is 0 Å². The second kappa shape index (κ2) is 7.35. The average Bonchev–Trinajstić information content (AvgIpc) is 3.14. The lowest BCUT2D eigenvalue weighted by Gasteiger charge is -2.23. The van der Waals surface area contributed by atoms with Crippen molar-refractivity contribution in [2.24, 2.45) is 7.05 Å². The van der Waals surface area contributed by atoms with Gasteiger partial charge >= 0.3 is 0 Å². The van der Waals surface area contributed by atoms with Crippen LogP contribution in [0.4, 0.5) is 0 Å². The van der Waals surface area contributed by atoms with E-state index in [0.717, 1.165) is 11.9 Å². The number of nitrogens with one attached hydrogen (secondary N) is 1. The number of carbonyl (C=O) groups excluding carboxylic acids is 1.